The second kappa shape index (κ2) is 4.72. The van der Waals surface area contributed by atoms with Gasteiger partial charge in [-0.15, -0.1) is 0 Å². The van der Waals surface area contributed by atoms with Crippen LogP contribution in [-0.2, 0) is 6.54 Å². The molecule has 0 radical (unpaired) electrons. The van der Waals surface area contributed by atoms with Gasteiger partial charge in [-0.05, 0) is 56.0 Å². The third-order valence-electron chi connectivity index (χ3n) is 4.89. The summed E-state index contributed by atoms with van der Waals surface area (Å²) < 4.78 is 13.4. The minimum Gasteiger partial charge on any atom is -0.316 e. The van der Waals surface area contributed by atoms with Crippen LogP contribution in [0.2, 0.25) is 5.02 Å². The van der Waals surface area contributed by atoms with Gasteiger partial charge < -0.3 is 5.32 Å². The lowest BCUT2D eigenvalue weighted by molar-refractivity contribution is 0.132. The molecule has 0 saturated carbocycles. The number of likely N-dealkylation sites (tertiary alicyclic amines) is 1. The Hall–Kier alpha value is -0.640. The van der Waals surface area contributed by atoms with Crippen molar-refractivity contribution in [2.45, 2.75) is 25.9 Å². The van der Waals surface area contributed by atoms with Crippen LogP contribution >= 0.6 is 11.6 Å². The number of hydrogen-bond donors (Lipinski definition) is 1. The molecular formula is C15H20ClFN2. The van der Waals surface area contributed by atoms with E-state index in [1.807, 2.05) is 0 Å². The van der Waals surface area contributed by atoms with Gasteiger partial charge in [0.1, 0.15) is 5.82 Å². The molecule has 1 aromatic rings. The molecule has 2 fully saturated rings. The normalized spacial score (nSPS) is 29.7. The first kappa shape index (κ1) is 13.3. The molecule has 0 bridgehead atoms. The second-order valence-corrected chi connectivity index (χ2v) is 6.70. The number of fused-ring (bicyclic) bond motifs is 1. The maximum Gasteiger partial charge on any atom is 0.123 e. The van der Waals surface area contributed by atoms with Gasteiger partial charge in [0.2, 0.25) is 0 Å². The molecule has 19 heavy (non-hydrogen) atoms. The summed E-state index contributed by atoms with van der Waals surface area (Å²) in [5, 5.41) is 4.13. The topological polar surface area (TPSA) is 15.3 Å². The van der Waals surface area contributed by atoms with E-state index < -0.39 is 0 Å². The van der Waals surface area contributed by atoms with Gasteiger partial charge in [-0.25, -0.2) is 4.39 Å². The Morgan fingerprint density at radius 2 is 2.21 bits per heavy atom. The fourth-order valence-electron chi connectivity index (χ4n) is 3.64. The quantitative estimate of drug-likeness (QED) is 0.897. The van der Waals surface area contributed by atoms with E-state index in [1.165, 1.54) is 6.07 Å². The summed E-state index contributed by atoms with van der Waals surface area (Å²) in [4.78, 5) is 2.45. The largest absolute Gasteiger partial charge is 0.316 e. The van der Waals surface area contributed by atoms with E-state index in [0.29, 0.717) is 16.9 Å². The van der Waals surface area contributed by atoms with Crippen molar-refractivity contribution < 1.29 is 4.39 Å². The maximum atomic E-state index is 13.4. The Bertz CT molecular complexity index is 489. The number of rotatable bonds is 2. The van der Waals surface area contributed by atoms with Crippen LogP contribution < -0.4 is 5.32 Å². The van der Waals surface area contributed by atoms with Crippen LogP contribution in [0.15, 0.2) is 18.2 Å². The molecule has 0 amide bonds. The summed E-state index contributed by atoms with van der Waals surface area (Å²) in [7, 11) is 0. The average Bonchev–Trinajstić information content (AvgIpc) is 2.89. The predicted octanol–water partition coefficient (Wildman–Crippen LogP) is 2.91. The number of benzene rings is 1. The molecule has 2 heterocycles. The van der Waals surface area contributed by atoms with Gasteiger partial charge in [-0.3, -0.25) is 4.90 Å². The van der Waals surface area contributed by atoms with Gasteiger partial charge in [0.25, 0.3) is 0 Å². The molecule has 0 aliphatic carbocycles. The number of nitrogens with zero attached hydrogens (tertiary/aromatic N) is 1. The summed E-state index contributed by atoms with van der Waals surface area (Å²) in [5.74, 6) is 1.18. The van der Waals surface area contributed by atoms with Gasteiger partial charge in [0, 0.05) is 30.2 Å². The second-order valence-electron chi connectivity index (χ2n) is 6.29. The van der Waals surface area contributed by atoms with E-state index >= 15 is 0 Å². The van der Waals surface area contributed by atoms with Crippen LogP contribution in [0.1, 0.15) is 19.4 Å². The van der Waals surface area contributed by atoms with E-state index in [2.05, 4.69) is 24.1 Å². The van der Waals surface area contributed by atoms with E-state index in [-0.39, 0.29) is 11.4 Å². The van der Waals surface area contributed by atoms with Gasteiger partial charge in [0.15, 0.2) is 0 Å². The molecule has 1 aromatic carbocycles. The lowest BCUT2D eigenvalue weighted by Gasteiger charge is -2.35. The molecule has 2 unspecified atom stereocenters. The van der Waals surface area contributed by atoms with Crippen molar-refractivity contribution in [2.75, 3.05) is 19.6 Å². The molecule has 0 aromatic heterocycles. The predicted molar refractivity (Wildman–Crippen MR) is 75.7 cm³/mol. The van der Waals surface area contributed by atoms with Crippen LogP contribution in [0.25, 0.3) is 0 Å². The highest BCUT2D eigenvalue weighted by Crippen LogP contribution is 2.41. The Kier molecular flexibility index (Phi) is 3.32. The van der Waals surface area contributed by atoms with E-state index in [0.717, 1.165) is 31.7 Å². The Morgan fingerprint density at radius 3 is 2.95 bits per heavy atom. The average molecular weight is 283 g/mol. The molecule has 2 atom stereocenters. The molecule has 2 aliphatic rings. The first-order chi connectivity index (χ1) is 8.98. The number of nitrogens with one attached hydrogen (secondary N) is 1. The van der Waals surface area contributed by atoms with E-state index in [4.69, 9.17) is 11.6 Å². The zero-order chi connectivity index (χ0) is 13.6. The van der Waals surface area contributed by atoms with Crippen molar-refractivity contribution in [3.63, 3.8) is 0 Å². The third kappa shape index (κ3) is 2.28. The molecule has 2 saturated heterocycles. The highest BCUT2D eigenvalue weighted by atomic mass is 35.5. The first-order valence-corrected chi connectivity index (χ1v) is 7.26. The number of halogens is 2. The monoisotopic (exact) mass is 282 g/mol. The Balaban J connectivity index is 1.82. The van der Waals surface area contributed by atoms with Crippen molar-refractivity contribution in [1.82, 2.24) is 10.2 Å². The molecule has 0 spiro atoms. The van der Waals surface area contributed by atoms with Gasteiger partial charge >= 0.3 is 0 Å². The minimum absolute atomic E-state index is 0.143. The molecule has 2 aliphatic heterocycles. The Morgan fingerprint density at radius 1 is 1.42 bits per heavy atom. The fraction of sp³-hybridized carbons (Fsp3) is 0.600. The summed E-state index contributed by atoms with van der Waals surface area (Å²) in [6, 6.07) is 4.63. The van der Waals surface area contributed by atoms with Crippen LogP contribution in [0, 0.1) is 17.7 Å². The zero-order valence-electron chi connectivity index (χ0n) is 11.4. The van der Waals surface area contributed by atoms with Gasteiger partial charge in [-0.1, -0.05) is 11.6 Å². The van der Waals surface area contributed by atoms with E-state index in [1.54, 1.807) is 12.1 Å². The van der Waals surface area contributed by atoms with Gasteiger partial charge in [-0.2, -0.15) is 0 Å². The van der Waals surface area contributed by atoms with Crippen LogP contribution in [0.3, 0.4) is 0 Å². The maximum absolute atomic E-state index is 13.4. The molecule has 2 nitrogen and oxygen atoms in total. The van der Waals surface area contributed by atoms with Crippen molar-refractivity contribution in [3.05, 3.63) is 34.6 Å². The smallest absolute Gasteiger partial charge is 0.123 e. The molecule has 104 valence electrons. The lowest BCUT2D eigenvalue weighted by Crippen LogP contribution is -2.43. The fourth-order valence-corrected chi connectivity index (χ4v) is 3.82. The zero-order valence-corrected chi connectivity index (χ0v) is 12.2. The molecule has 1 N–H and O–H groups in total. The minimum atomic E-state index is -0.210. The summed E-state index contributed by atoms with van der Waals surface area (Å²) >= 11 is 6.18. The third-order valence-corrected chi connectivity index (χ3v) is 5.25. The van der Waals surface area contributed by atoms with Crippen molar-refractivity contribution in [1.29, 1.82) is 0 Å². The summed E-state index contributed by atoms with van der Waals surface area (Å²) in [5.41, 5.74) is 1.03. The highest BCUT2D eigenvalue weighted by molar-refractivity contribution is 6.31. The summed E-state index contributed by atoms with van der Waals surface area (Å²) in [6.45, 7) is 8.57. The Labute approximate surface area is 118 Å². The highest BCUT2D eigenvalue weighted by Gasteiger charge is 2.49. The van der Waals surface area contributed by atoms with Crippen LogP contribution in [0.4, 0.5) is 4.39 Å². The number of hydrogen-bond acceptors (Lipinski definition) is 2. The van der Waals surface area contributed by atoms with E-state index in [9.17, 15) is 4.39 Å². The van der Waals surface area contributed by atoms with Gasteiger partial charge in [0.05, 0.1) is 0 Å². The summed E-state index contributed by atoms with van der Waals surface area (Å²) in [6.07, 6.45) is 0. The molecular weight excluding hydrogens is 263 g/mol. The molecule has 3 rings (SSSR count). The molecule has 4 heteroatoms. The standard InChI is InChI=1S/C15H20ClFN2/c1-15(2)13-7-18-6-11(13)9-19(15)8-10-5-12(17)3-4-14(10)16/h3-5,11,13,18H,6-9H2,1-2H3. The SMILES string of the molecule is CC1(C)C2CNCC2CN1Cc1cc(F)ccc1Cl. The van der Waals surface area contributed by atoms with Crippen molar-refractivity contribution in [3.8, 4) is 0 Å². The van der Waals surface area contributed by atoms with Crippen molar-refractivity contribution >= 4 is 11.6 Å². The first-order valence-electron chi connectivity index (χ1n) is 6.88. The van der Waals surface area contributed by atoms with Crippen molar-refractivity contribution in [2.24, 2.45) is 11.8 Å². The van der Waals surface area contributed by atoms with Crippen LogP contribution in [-0.4, -0.2) is 30.1 Å². The van der Waals surface area contributed by atoms with Crippen LogP contribution in [0.5, 0.6) is 0 Å². The lowest BCUT2D eigenvalue weighted by atomic mass is 9.85.